The Kier molecular flexibility index (Phi) is 10.1. The second-order valence-electron chi connectivity index (χ2n) is 4.60. The first-order chi connectivity index (χ1) is 9.69. The van der Waals surface area contributed by atoms with Crippen molar-refractivity contribution in [2.24, 2.45) is 5.73 Å². The molecule has 2 rings (SSSR count). The molecule has 0 bridgehead atoms. The minimum Gasteiger partial charge on any atom is -0.467 e. The quantitative estimate of drug-likeness (QED) is 0.738. The summed E-state index contributed by atoms with van der Waals surface area (Å²) in [5, 5.41) is 6.09. The molecule has 0 aromatic carbocycles. The highest BCUT2D eigenvalue weighted by molar-refractivity contribution is 7.09. The highest BCUT2D eigenvalue weighted by Gasteiger charge is 2.08. The molecule has 3 N–H and O–H groups in total. The molecular weight excluding hydrogens is 345 g/mol. The van der Waals surface area contributed by atoms with Crippen molar-refractivity contribution < 1.29 is 9.21 Å². The molecule has 2 heterocycles. The molecule has 0 saturated carbocycles. The second kappa shape index (κ2) is 10.6. The van der Waals surface area contributed by atoms with Crippen molar-refractivity contribution in [2.45, 2.75) is 32.7 Å². The topological polar surface area (TPSA) is 81.2 Å². The summed E-state index contributed by atoms with van der Waals surface area (Å²) in [7, 11) is 0. The lowest BCUT2D eigenvalue weighted by Gasteiger charge is -2.02. The van der Waals surface area contributed by atoms with Gasteiger partial charge in [-0.2, -0.15) is 0 Å². The Labute approximate surface area is 146 Å². The predicted molar refractivity (Wildman–Crippen MR) is 93.2 cm³/mol. The van der Waals surface area contributed by atoms with Crippen LogP contribution in [0, 0.1) is 6.92 Å². The lowest BCUT2D eigenvalue weighted by Crippen LogP contribution is -2.24. The average Bonchev–Trinajstić information content (AvgIpc) is 3.07. The number of thiazole rings is 1. The molecule has 0 radical (unpaired) electrons. The fraction of sp³-hybridized carbons (Fsp3) is 0.429. The number of rotatable bonds is 7. The Balaban J connectivity index is 0.00000220. The molecule has 124 valence electrons. The average molecular weight is 366 g/mol. The zero-order valence-electron chi connectivity index (χ0n) is 12.3. The van der Waals surface area contributed by atoms with Gasteiger partial charge in [0.15, 0.2) is 0 Å². The number of nitrogens with two attached hydrogens (primary N) is 1. The number of unbranched alkanes of at least 4 members (excludes halogenated alkanes) is 1. The monoisotopic (exact) mass is 365 g/mol. The van der Waals surface area contributed by atoms with Crippen LogP contribution < -0.4 is 11.1 Å². The third-order valence-corrected chi connectivity index (χ3v) is 3.91. The van der Waals surface area contributed by atoms with E-state index in [2.05, 4.69) is 15.7 Å². The van der Waals surface area contributed by atoms with E-state index >= 15 is 0 Å². The van der Waals surface area contributed by atoms with E-state index < -0.39 is 0 Å². The van der Waals surface area contributed by atoms with Gasteiger partial charge in [-0.3, -0.25) is 4.79 Å². The summed E-state index contributed by atoms with van der Waals surface area (Å²) in [6, 6.07) is 1.67. The molecule has 0 aliphatic rings. The first-order valence-corrected chi connectivity index (χ1v) is 7.53. The molecule has 1 amide bonds. The van der Waals surface area contributed by atoms with Gasteiger partial charge < -0.3 is 15.5 Å². The van der Waals surface area contributed by atoms with Gasteiger partial charge in [0.25, 0.3) is 5.91 Å². The first-order valence-electron chi connectivity index (χ1n) is 6.65. The van der Waals surface area contributed by atoms with Crippen LogP contribution in [0.1, 0.15) is 39.7 Å². The maximum atomic E-state index is 11.8. The van der Waals surface area contributed by atoms with Crippen molar-refractivity contribution in [3.8, 4) is 0 Å². The minimum atomic E-state index is -0.112. The van der Waals surface area contributed by atoms with E-state index in [0.29, 0.717) is 24.4 Å². The van der Waals surface area contributed by atoms with Gasteiger partial charge in [-0.1, -0.05) is 0 Å². The molecule has 0 aliphatic heterocycles. The number of nitrogens with zero attached hydrogens (tertiary/aromatic N) is 1. The lowest BCUT2D eigenvalue weighted by molar-refractivity contribution is 0.0952. The third kappa shape index (κ3) is 6.36. The van der Waals surface area contributed by atoms with Crippen LogP contribution >= 0.6 is 36.2 Å². The highest BCUT2D eigenvalue weighted by Crippen LogP contribution is 2.11. The Morgan fingerprint density at radius 3 is 2.77 bits per heavy atom. The fourth-order valence-corrected chi connectivity index (χ4v) is 2.65. The summed E-state index contributed by atoms with van der Waals surface area (Å²) < 4.78 is 5.13. The molecule has 2 aromatic heterocycles. The Morgan fingerprint density at radius 2 is 2.18 bits per heavy atom. The Bertz CT molecular complexity index is 572. The number of furan rings is 1. The highest BCUT2D eigenvalue weighted by atomic mass is 35.5. The number of amides is 1. The fourth-order valence-electron chi connectivity index (χ4n) is 1.83. The van der Waals surface area contributed by atoms with Crippen molar-refractivity contribution in [1.29, 1.82) is 0 Å². The summed E-state index contributed by atoms with van der Waals surface area (Å²) in [5.41, 5.74) is 7.04. The van der Waals surface area contributed by atoms with Crippen LogP contribution in [0.25, 0.3) is 0 Å². The molecule has 2 aromatic rings. The Morgan fingerprint density at radius 1 is 1.41 bits per heavy atom. The van der Waals surface area contributed by atoms with Crippen molar-refractivity contribution >= 4 is 42.1 Å². The normalized spacial score (nSPS) is 9.73. The maximum Gasteiger partial charge on any atom is 0.254 e. The van der Waals surface area contributed by atoms with Gasteiger partial charge in [-0.25, -0.2) is 4.98 Å². The zero-order valence-corrected chi connectivity index (χ0v) is 14.8. The van der Waals surface area contributed by atoms with Crippen molar-refractivity contribution in [3.63, 3.8) is 0 Å². The molecule has 22 heavy (non-hydrogen) atoms. The van der Waals surface area contributed by atoms with Crippen LogP contribution in [0.3, 0.4) is 0 Å². The van der Waals surface area contributed by atoms with E-state index in [-0.39, 0.29) is 30.7 Å². The van der Waals surface area contributed by atoms with Gasteiger partial charge in [-0.05, 0) is 32.3 Å². The van der Waals surface area contributed by atoms with Gasteiger partial charge in [0, 0.05) is 17.6 Å². The summed E-state index contributed by atoms with van der Waals surface area (Å²) in [6.45, 7) is 2.97. The van der Waals surface area contributed by atoms with Gasteiger partial charge in [-0.15, -0.1) is 36.2 Å². The SMILES string of the molecule is Cc1csc(CCCCNC(=O)c2coc(CN)c2)n1.Cl.Cl. The molecule has 0 fully saturated rings. The third-order valence-electron chi connectivity index (χ3n) is 2.89. The molecule has 0 spiro atoms. The zero-order chi connectivity index (χ0) is 14.4. The number of nitrogens with one attached hydrogen (secondary N) is 1. The number of aromatic nitrogens is 1. The summed E-state index contributed by atoms with van der Waals surface area (Å²) in [4.78, 5) is 16.2. The van der Waals surface area contributed by atoms with Crippen LogP contribution in [0.5, 0.6) is 0 Å². The predicted octanol–water partition coefficient (Wildman–Crippen LogP) is 3.10. The van der Waals surface area contributed by atoms with Gasteiger partial charge >= 0.3 is 0 Å². The lowest BCUT2D eigenvalue weighted by atomic mass is 10.2. The van der Waals surface area contributed by atoms with Crippen LogP contribution in [0.2, 0.25) is 0 Å². The van der Waals surface area contributed by atoms with E-state index in [0.717, 1.165) is 30.0 Å². The number of carbonyl (C=O) groups excluding carboxylic acids is 1. The number of carbonyl (C=O) groups is 1. The Hall–Kier alpha value is -1.08. The van der Waals surface area contributed by atoms with E-state index in [9.17, 15) is 4.79 Å². The number of hydrogen-bond donors (Lipinski definition) is 2. The number of hydrogen-bond acceptors (Lipinski definition) is 5. The number of halogens is 2. The molecular formula is C14H21Cl2N3O2S. The van der Waals surface area contributed by atoms with Crippen molar-refractivity contribution in [2.75, 3.05) is 6.54 Å². The van der Waals surface area contributed by atoms with E-state index in [4.69, 9.17) is 10.2 Å². The standard InChI is InChI=1S/C14H19N3O2S.2ClH/c1-10-9-20-13(17-10)4-2-3-5-16-14(18)11-6-12(7-15)19-8-11;;/h6,8-9H,2-5,7,15H2,1H3,(H,16,18);2*1H. The minimum absolute atomic E-state index is 0. The molecule has 0 aliphatic carbocycles. The second-order valence-corrected chi connectivity index (χ2v) is 5.54. The molecule has 5 nitrogen and oxygen atoms in total. The molecule has 8 heteroatoms. The van der Waals surface area contributed by atoms with Gasteiger partial charge in [0.1, 0.15) is 12.0 Å². The van der Waals surface area contributed by atoms with Gasteiger partial charge in [0.05, 0.1) is 17.1 Å². The van der Waals surface area contributed by atoms with Gasteiger partial charge in [0.2, 0.25) is 0 Å². The largest absolute Gasteiger partial charge is 0.467 e. The summed E-state index contributed by atoms with van der Waals surface area (Å²) >= 11 is 1.69. The molecule has 0 atom stereocenters. The smallest absolute Gasteiger partial charge is 0.254 e. The van der Waals surface area contributed by atoms with Crippen LogP contribution in [-0.4, -0.2) is 17.4 Å². The first kappa shape index (κ1) is 20.9. The van der Waals surface area contributed by atoms with E-state index in [1.54, 1.807) is 17.4 Å². The van der Waals surface area contributed by atoms with Crippen molar-refractivity contribution in [3.05, 3.63) is 39.7 Å². The van der Waals surface area contributed by atoms with Crippen LogP contribution in [-0.2, 0) is 13.0 Å². The van der Waals surface area contributed by atoms with Crippen LogP contribution in [0.4, 0.5) is 0 Å². The van der Waals surface area contributed by atoms with Crippen LogP contribution in [0.15, 0.2) is 22.1 Å². The summed E-state index contributed by atoms with van der Waals surface area (Å²) in [5.74, 6) is 0.507. The maximum absolute atomic E-state index is 11.8. The molecule has 0 unspecified atom stereocenters. The number of aryl methyl sites for hydroxylation is 2. The van der Waals surface area contributed by atoms with Crippen molar-refractivity contribution in [1.82, 2.24) is 10.3 Å². The summed E-state index contributed by atoms with van der Waals surface area (Å²) in [6.07, 6.45) is 4.37. The molecule has 0 saturated heterocycles. The van der Waals surface area contributed by atoms with E-state index in [1.165, 1.54) is 6.26 Å². The van der Waals surface area contributed by atoms with E-state index in [1.807, 2.05) is 6.92 Å².